The third kappa shape index (κ3) is 4.25. The van der Waals surface area contributed by atoms with Crippen LogP contribution in [0.5, 0.6) is 0 Å². The van der Waals surface area contributed by atoms with Crippen molar-refractivity contribution in [1.82, 2.24) is 5.32 Å². The summed E-state index contributed by atoms with van der Waals surface area (Å²) in [5.41, 5.74) is -0.0206. The molecular weight excluding hydrogens is 380 g/mol. The van der Waals surface area contributed by atoms with Crippen LogP contribution in [-0.4, -0.2) is 53.0 Å². The van der Waals surface area contributed by atoms with Gasteiger partial charge in [0.15, 0.2) is 0 Å². The van der Waals surface area contributed by atoms with Crippen LogP contribution >= 0.6 is 11.6 Å². The standard InChI is InChI=1S/C13H15ClN2O6S2/c1-23(19,20)7-5-15-13(18)9-2-3-10(14)11(8-9)16-12(17)4-6-24(16,21)22/h2-3,8H,4-7H2,1H3,(H,15,18). The van der Waals surface area contributed by atoms with E-state index < -0.39 is 31.7 Å². The number of anilines is 1. The van der Waals surface area contributed by atoms with Gasteiger partial charge in [0.25, 0.3) is 5.91 Å². The van der Waals surface area contributed by atoms with Crippen molar-refractivity contribution in [1.29, 1.82) is 0 Å². The molecule has 132 valence electrons. The first-order valence-electron chi connectivity index (χ1n) is 6.82. The summed E-state index contributed by atoms with van der Waals surface area (Å²) in [6, 6.07) is 3.86. The fourth-order valence-electron chi connectivity index (χ4n) is 2.11. The Morgan fingerprint density at radius 2 is 2.04 bits per heavy atom. The zero-order valence-electron chi connectivity index (χ0n) is 12.7. The van der Waals surface area contributed by atoms with Gasteiger partial charge in [0.05, 0.1) is 22.2 Å². The molecule has 0 unspecified atom stereocenters. The van der Waals surface area contributed by atoms with Crippen LogP contribution in [-0.2, 0) is 24.7 Å². The van der Waals surface area contributed by atoms with Gasteiger partial charge in [-0.05, 0) is 18.2 Å². The molecule has 0 radical (unpaired) electrons. The Balaban J connectivity index is 2.26. The Kier molecular flexibility index (Phi) is 5.21. The SMILES string of the molecule is CS(=O)(=O)CCNC(=O)c1ccc(Cl)c(N2C(=O)CCS2(=O)=O)c1. The van der Waals surface area contributed by atoms with Crippen molar-refractivity contribution in [3.05, 3.63) is 28.8 Å². The molecule has 2 rings (SSSR count). The molecule has 0 aromatic heterocycles. The van der Waals surface area contributed by atoms with Crippen LogP contribution < -0.4 is 9.62 Å². The van der Waals surface area contributed by atoms with Gasteiger partial charge in [0.2, 0.25) is 15.9 Å². The van der Waals surface area contributed by atoms with E-state index in [9.17, 15) is 26.4 Å². The maximum atomic E-state index is 12.0. The van der Waals surface area contributed by atoms with Crippen molar-refractivity contribution in [3.8, 4) is 0 Å². The highest BCUT2D eigenvalue weighted by molar-refractivity contribution is 7.94. The first-order valence-corrected chi connectivity index (χ1v) is 10.9. The molecule has 2 amide bonds. The zero-order valence-corrected chi connectivity index (χ0v) is 15.0. The van der Waals surface area contributed by atoms with Crippen molar-refractivity contribution >= 4 is 49.0 Å². The number of nitrogens with one attached hydrogen (secondary N) is 1. The fraction of sp³-hybridized carbons (Fsp3) is 0.385. The van der Waals surface area contributed by atoms with Gasteiger partial charge in [0, 0.05) is 24.8 Å². The molecule has 8 nitrogen and oxygen atoms in total. The van der Waals surface area contributed by atoms with Crippen LogP contribution in [0.1, 0.15) is 16.8 Å². The number of hydrogen-bond acceptors (Lipinski definition) is 6. The van der Waals surface area contributed by atoms with Gasteiger partial charge in [-0.15, -0.1) is 0 Å². The highest BCUT2D eigenvalue weighted by Gasteiger charge is 2.37. The van der Waals surface area contributed by atoms with E-state index in [0.717, 1.165) is 6.26 Å². The quantitative estimate of drug-likeness (QED) is 0.761. The lowest BCUT2D eigenvalue weighted by Gasteiger charge is -2.17. The summed E-state index contributed by atoms with van der Waals surface area (Å²) in [5.74, 6) is -1.75. The molecule has 0 spiro atoms. The third-order valence-corrected chi connectivity index (χ3v) is 6.21. The molecule has 1 aliphatic heterocycles. The van der Waals surface area contributed by atoms with Crippen LogP contribution in [0, 0.1) is 0 Å². The summed E-state index contributed by atoms with van der Waals surface area (Å²) in [6.45, 7) is -0.0867. The second-order valence-corrected chi connectivity index (χ2v) is 9.88. The maximum Gasteiger partial charge on any atom is 0.251 e. The Labute approximate surface area is 144 Å². The minimum absolute atomic E-state index is 0.0153. The largest absolute Gasteiger partial charge is 0.351 e. The van der Waals surface area contributed by atoms with Crippen LogP contribution in [0.2, 0.25) is 5.02 Å². The Morgan fingerprint density at radius 1 is 1.38 bits per heavy atom. The van der Waals surface area contributed by atoms with Crippen LogP contribution in [0.15, 0.2) is 18.2 Å². The summed E-state index contributed by atoms with van der Waals surface area (Å²) < 4.78 is 46.6. The molecule has 11 heteroatoms. The first kappa shape index (κ1) is 18.7. The molecule has 0 atom stereocenters. The van der Waals surface area contributed by atoms with E-state index in [2.05, 4.69) is 5.32 Å². The number of carbonyl (C=O) groups is 2. The molecule has 0 saturated carbocycles. The summed E-state index contributed by atoms with van der Waals surface area (Å²) in [7, 11) is -7.02. The molecule has 1 fully saturated rings. The Morgan fingerprint density at radius 3 is 2.58 bits per heavy atom. The molecule has 1 aromatic carbocycles. The Hall–Kier alpha value is -1.65. The predicted octanol–water partition coefficient (Wildman–Crippen LogP) is 0.181. The topological polar surface area (TPSA) is 118 Å². The molecule has 0 bridgehead atoms. The van der Waals surface area contributed by atoms with Gasteiger partial charge in [-0.25, -0.2) is 21.1 Å². The molecule has 1 N–H and O–H groups in total. The molecule has 1 aromatic rings. The van der Waals surface area contributed by atoms with E-state index in [0.29, 0.717) is 4.31 Å². The summed E-state index contributed by atoms with van der Waals surface area (Å²) >= 11 is 5.97. The smallest absolute Gasteiger partial charge is 0.251 e. The average molecular weight is 395 g/mol. The lowest BCUT2D eigenvalue weighted by Crippen LogP contribution is -2.31. The highest BCUT2D eigenvalue weighted by Crippen LogP contribution is 2.32. The van der Waals surface area contributed by atoms with E-state index in [1.165, 1.54) is 18.2 Å². The van der Waals surface area contributed by atoms with Crippen molar-refractivity contribution in [2.45, 2.75) is 6.42 Å². The summed E-state index contributed by atoms with van der Waals surface area (Å²) in [4.78, 5) is 23.9. The molecular formula is C13H15ClN2O6S2. The molecule has 1 aliphatic rings. The zero-order chi connectivity index (χ0) is 18.1. The normalized spacial score (nSPS) is 17.1. The summed E-state index contributed by atoms with van der Waals surface area (Å²) in [5, 5.41) is 2.43. The lowest BCUT2D eigenvalue weighted by atomic mass is 10.2. The number of sulfone groups is 1. The second kappa shape index (κ2) is 6.69. The number of amides is 2. The highest BCUT2D eigenvalue weighted by atomic mass is 35.5. The molecule has 1 saturated heterocycles. The number of benzene rings is 1. The van der Waals surface area contributed by atoms with Gasteiger partial charge in [-0.3, -0.25) is 9.59 Å². The van der Waals surface area contributed by atoms with E-state index in [1.54, 1.807) is 0 Å². The average Bonchev–Trinajstić information content (AvgIpc) is 2.72. The number of hydrogen-bond donors (Lipinski definition) is 1. The van der Waals surface area contributed by atoms with Crippen molar-refractivity contribution in [2.24, 2.45) is 0 Å². The van der Waals surface area contributed by atoms with Gasteiger partial charge in [-0.2, -0.15) is 0 Å². The van der Waals surface area contributed by atoms with Crippen molar-refractivity contribution in [2.75, 3.05) is 28.6 Å². The minimum atomic E-state index is -3.80. The number of sulfonamides is 1. The van der Waals surface area contributed by atoms with Crippen molar-refractivity contribution < 1.29 is 26.4 Å². The number of halogens is 1. The number of nitrogens with zero attached hydrogens (tertiary/aromatic N) is 1. The Bertz CT molecular complexity index is 895. The third-order valence-electron chi connectivity index (χ3n) is 3.26. The van der Waals surface area contributed by atoms with Gasteiger partial charge < -0.3 is 5.32 Å². The second-order valence-electron chi connectivity index (χ2n) is 5.28. The van der Waals surface area contributed by atoms with Gasteiger partial charge in [-0.1, -0.05) is 11.6 Å². The predicted molar refractivity (Wildman–Crippen MR) is 89.4 cm³/mol. The number of carbonyl (C=O) groups excluding carboxylic acids is 2. The number of rotatable bonds is 5. The monoisotopic (exact) mass is 394 g/mol. The van der Waals surface area contributed by atoms with Crippen LogP contribution in [0.25, 0.3) is 0 Å². The maximum absolute atomic E-state index is 12.0. The minimum Gasteiger partial charge on any atom is -0.351 e. The molecule has 24 heavy (non-hydrogen) atoms. The lowest BCUT2D eigenvalue weighted by molar-refractivity contribution is -0.116. The molecule has 0 aliphatic carbocycles. The first-order chi connectivity index (χ1) is 11.0. The van der Waals surface area contributed by atoms with Crippen LogP contribution in [0.3, 0.4) is 0 Å². The van der Waals surface area contributed by atoms with E-state index in [-0.39, 0.29) is 40.7 Å². The van der Waals surface area contributed by atoms with Gasteiger partial charge >= 0.3 is 0 Å². The van der Waals surface area contributed by atoms with Crippen LogP contribution in [0.4, 0.5) is 5.69 Å². The van der Waals surface area contributed by atoms with E-state index in [1.807, 2.05) is 0 Å². The van der Waals surface area contributed by atoms with E-state index >= 15 is 0 Å². The van der Waals surface area contributed by atoms with Gasteiger partial charge in [0.1, 0.15) is 9.84 Å². The molecule has 1 heterocycles. The fourth-order valence-corrected chi connectivity index (χ4v) is 4.30. The van der Waals surface area contributed by atoms with E-state index in [4.69, 9.17) is 11.6 Å². The van der Waals surface area contributed by atoms with Crippen molar-refractivity contribution in [3.63, 3.8) is 0 Å². The summed E-state index contributed by atoms with van der Waals surface area (Å²) in [6.07, 6.45) is 0.896.